The first-order valence-electron chi connectivity index (χ1n) is 10.0. The number of nitrogens with zero attached hydrogens (tertiary/aromatic N) is 1. The van der Waals surface area contributed by atoms with E-state index in [1.165, 1.54) is 7.11 Å². The fourth-order valence-electron chi connectivity index (χ4n) is 3.38. The molecule has 0 aliphatic rings. The van der Waals surface area contributed by atoms with Crippen LogP contribution in [0.3, 0.4) is 0 Å². The predicted octanol–water partition coefficient (Wildman–Crippen LogP) is 4.88. The molecule has 0 aliphatic carbocycles. The van der Waals surface area contributed by atoms with Crippen molar-refractivity contribution in [2.24, 2.45) is 0 Å². The highest BCUT2D eigenvalue weighted by atomic mass is 16.5. The minimum Gasteiger partial charge on any atom is -0.497 e. The summed E-state index contributed by atoms with van der Waals surface area (Å²) in [6.45, 7) is 0.191. The van der Waals surface area contributed by atoms with Gasteiger partial charge in [0.2, 0.25) is 0 Å². The lowest BCUT2D eigenvalue weighted by Crippen LogP contribution is -2.40. The van der Waals surface area contributed by atoms with Crippen molar-refractivity contribution in [3.05, 3.63) is 96.1 Å². The van der Waals surface area contributed by atoms with Crippen molar-refractivity contribution in [3.8, 4) is 5.75 Å². The summed E-state index contributed by atoms with van der Waals surface area (Å²) < 4.78 is 10.1. The zero-order valence-corrected chi connectivity index (χ0v) is 17.7. The summed E-state index contributed by atoms with van der Waals surface area (Å²) in [5, 5.41) is 2.93. The van der Waals surface area contributed by atoms with Crippen molar-refractivity contribution >= 4 is 17.7 Å². The smallest absolute Gasteiger partial charge is 0.322 e. The summed E-state index contributed by atoms with van der Waals surface area (Å²) in [5.74, 6) is 0.264. The molecule has 0 heterocycles. The van der Waals surface area contributed by atoms with Gasteiger partial charge in [0, 0.05) is 18.3 Å². The Bertz CT molecular complexity index is 953. The number of hydrogen-bond donors (Lipinski definition) is 1. The highest BCUT2D eigenvalue weighted by Gasteiger charge is 2.27. The van der Waals surface area contributed by atoms with Gasteiger partial charge in [-0.15, -0.1) is 0 Å². The molecule has 160 valence electrons. The highest BCUT2D eigenvalue weighted by Crippen LogP contribution is 2.30. The molecule has 1 N–H and O–H groups in total. The van der Waals surface area contributed by atoms with Gasteiger partial charge in [0.05, 0.1) is 26.7 Å². The summed E-state index contributed by atoms with van der Waals surface area (Å²) in [4.78, 5) is 27.0. The van der Waals surface area contributed by atoms with Gasteiger partial charge in [-0.25, -0.2) is 4.79 Å². The summed E-state index contributed by atoms with van der Waals surface area (Å²) in [6.07, 6.45) is 0.0815. The van der Waals surface area contributed by atoms with Crippen LogP contribution in [0.5, 0.6) is 5.75 Å². The Morgan fingerprint density at radius 1 is 0.871 bits per heavy atom. The van der Waals surface area contributed by atoms with Gasteiger partial charge >= 0.3 is 12.0 Å². The molecular weight excluding hydrogens is 392 g/mol. The maximum Gasteiger partial charge on any atom is 0.322 e. The van der Waals surface area contributed by atoms with Gasteiger partial charge in [-0.2, -0.15) is 0 Å². The molecule has 0 fully saturated rings. The molecule has 0 spiro atoms. The van der Waals surface area contributed by atoms with Crippen LogP contribution in [0.25, 0.3) is 0 Å². The van der Waals surface area contributed by atoms with Crippen molar-refractivity contribution in [3.63, 3.8) is 0 Å². The van der Waals surface area contributed by atoms with E-state index in [-0.39, 0.29) is 31.0 Å². The normalized spacial score (nSPS) is 10.4. The zero-order valence-electron chi connectivity index (χ0n) is 17.7. The van der Waals surface area contributed by atoms with Crippen LogP contribution in [0, 0.1) is 0 Å². The Hall–Kier alpha value is -3.80. The van der Waals surface area contributed by atoms with E-state index in [1.807, 2.05) is 60.7 Å². The van der Waals surface area contributed by atoms with Crippen molar-refractivity contribution in [1.82, 2.24) is 4.90 Å². The number of rotatable bonds is 8. The molecule has 0 aromatic heterocycles. The van der Waals surface area contributed by atoms with Gasteiger partial charge in [-0.1, -0.05) is 66.7 Å². The maximum absolute atomic E-state index is 13.4. The van der Waals surface area contributed by atoms with Crippen LogP contribution in [0.15, 0.2) is 84.9 Å². The second-order valence-electron chi connectivity index (χ2n) is 6.91. The lowest BCUT2D eigenvalue weighted by molar-refractivity contribution is -0.140. The molecule has 3 aromatic carbocycles. The third-order valence-electron chi connectivity index (χ3n) is 4.91. The number of urea groups is 1. The molecule has 0 aliphatic heterocycles. The summed E-state index contributed by atoms with van der Waals surface area (Å²) in [7, 11) is 2.92. The summed E-state index contributed by atoms with van der Waals surface area (Å²) in [6, 6.07) is 25.9. The quantitative estimate of drug-likeness (QED) is 0.530. The Morgan fingerprint density at radius 2 is 1.48 bits per heavy atom. The Morgan fingerprint density at radius 3 is 2.03 bits per heavy atom. The van der Waals surface area contributed by atoms with Gasteiger partial charge in [0.25, 0.3) is 0 Å². The van der Waals surface area contributed by atoms with Crippen molar-refractivity contribution in [2.45, 2.75) is 12.5 Å². The third-order valence-corrected chi connectivity index (χ3v) is 4.91. The number of anilines is 1. The first-order chi connectivity index (χ1) is 15.1. The molecule has 3 aromatic rings. The van der Waals surface area contributed by atoms with Crippen LogP contribution >= 0.6 is 0 Å². The van der Waals surface area contributed by atoms with Crippen molar-refractivity contribution < 1.29 is 19.1 Å². The fourth-order valence-corrected chi connectivity index (χ4v) is 3.38. The van der Waals surface area contributed by atoms with Crippen LogP contribution in [0.4, 0.5) is 10.5 Å². The van der Waals surface area contributed by atoms with E-state index in [0.29, 0.717) is 11.4 Å². The first-order valence-corrected chi connectivity index (χ1v) is 10.0. The molecule has 0 saturated heterocycles. The highest BCUT2D eigenvalue weighted by molar-refractivity contribution is 5.90. The lowest BCUT2D eigenvalue weighted by atomic mass is 9.97. The van der Waals surface area contributed by atoms with Crippen LogP contribution in [0.1, 0.15) is 23.6 Å². The zero-order chi connectivity index (χ0) is 22.1. The predicted molar refractivity (Wildman–Crippen MR) is 120 cm³/mol. The molecule has 6 nitrogen and oxygen atoms in total. The molecular formula is C25H26N2O4. The van der Waals surface area contributed by atoms with Gasteiger partial charge in [-0.05, 0) is 23.3 Å². The van der Waals surface area contributed by atoms with Crippen molar-refractivity contribution in [1.29, 1.82) is 0 Å². The number of esters is 1. The molecule has 0 radical (unpaired) electrons. The number of carbonyl (C=O) groups is 2. The van der Waals surface area contributed by atoms with E-state index in [4.69, 9.17) is 9.47 Å². The first kappa shape index (κ1) is 21.9. The van der Waals surface area contributed by atoms with Gasteiger partial charge in [0.15, 0.2) is 0 Å². The number of nitrogens with one attached hydrogen (secondary N) is 1. The van der Waals surface area contributed by atoms with Crippen LogP contribution in [-0.2, 0) is 9.53 Å². The van der Waals surface area contributed by atoms with Gasteiger partial charge < -0.3 is 19.7 Å². The number of hydrogen-bond acceptors (Lipinski definition) is 4. The number of carbonyl (C=O) groups excluding carboxylic acids is 2. The molecule has 31 heavy (non-hydrogen) atoms. The lowest BCUT2D eigenvalue weighted by Gasteiger charge is -2.32. The van der Waals surface area contributed by atoms with E-state index in [0.717, 1.165) is 11.1 Å². The second kappa shape index (κ2) is 10.8. The second-order valence-corrected chi connectivity index (χ2v) is 6.91. The van der Waals surface area contributed by atoms with Gasteiger partial charge in [-0.3, -0.25) is 4.79 Å². The number of methoxy groups -OCH3 is 2. The van der Waals surface area contributed by atoms with Crippen LogP contribution < -0.4 is 10.1 Å². The molecule has 6 heteroatoms. The maximum atomic E-state index is 13.4. The monoisotopic (exact) mass is 418 g/mol. The minimum absolute atomic E-state index is 0.0815. The SMILES string of the molecule is COC(=O)CCN(C(=O)Nc1cccc(OC)c1)C(c1ccccc1)c1ccccc1. The molecule has 2 amide bonds. The topological polar surface area (TPSA) is 67.9 Å². The average molecular weight is 418 g/mol. The Kier molecular flexibility index (Phi) is 7.65. The number of ether oxygens (including phenoxy) is 2. The summed E-state index contributed by atoms with van der Waals surface area (Å²) in [5.41, 5.74) is 2.49. The molecule has 0 unspecified atom stereocenters. The Balaban J connectivity index is 1.97. The van der Waals surface area contributed by atoms with E-state index >= 15 is 0 Å². The standard InChI is InChI=1S/C25H26N2O4/c1-30-22-15-9-14-21(18-22)26-25(29)27(17-16-23(28)31-2)24(19-10-5-3-6-11-19)20-12-7-4-8-13-20/h3-15,18,24H,16-17H2,1-2H3,(H,26,29). The molecule has 0 saturated carbocycles. The van der Waals surface area contributed by atoms with E-state index in [1.54, 1.807) is 36.3 Å². The van der Waals surface area contributed by atoms with E-state index in [2.05, 4.69) is 5.32 Å². The fraction of sp³-hybridized carbons (Fsp3) is 0.200. The van der Waals surface area contributed by atoms with E-state index < -0.39 is 0 Å². The van der Waals surface area contributed by atoms with Gasteiger partial charge in [0.1, 0.15) is 5.75 Å². The minimum atomic E-state index is -0.377. The van der Waals surface area contributed by atoms with Crippen LogP contribution in [-0.4, -0.2) is 37.7 Å². The van der Waals surface area contributed by atoms with Crippen molar-refractivity contribution in [2.75, 3.05) is 26.1 Å². The van der Waals surface area contributed by atoms with Crippen LogP contribution in [0.2, 0.25) is 0 Å². The largest absolute Gasteiger partial charge is 0.497 e. The molecule has 3 rings (SSSR count). The molecule has 0 bridgehead atoms. The summed E-state index contributed by atoms with van der Waals surface area (Å²) >= 11 is 0. The third kappa shape index (κ3) is 5.85. The average Bonchev–Trinajstić information content (AvgIpc) is 2.82. The van der Waals surface area contributed by atoms with E-state index in [9.17, 15) is 9.59 Å². The Labute approximate surface area is 182 Å². The molecule has 0 atom stereocenters. The number of amides is 2. The number of benzene rings is 3.